The predicted molar refractivity (Wildman–Crippen MR) is 124 cm³/mol. The van der Waals surface area contributed by atoms with Crippen LogP contribution in [0.3, 0.4) is 0 Å². The van der Waals surface area contributed by atoms with Crippen molar-refractivity contribution < 1.29 is 32.5 Å². The highest BCUT2D eigenvalue weighted by Crippen LogP contribution is 2.44. The fourth-order valence-electron chi connectivity index (χ4n) is 4.16. The molecule has 2 aromatic carbocycles. The first-order chi connectivity index (χ1) is 15.7. The Bertz CT molecular complexity index is 1010. The van der Waals surface area contributed by atoms with Gasteiger partial charge in [-0.25, -0.2) is 0 Å². The predicted octanol–water partition coefficient (Wildman–Crippen LogP) is 6.09. The number of aliphatic carboxylic acids is 1. The molecule has 0 amide bonds. The summed E-state index contributed by atoms with van der Waals surface area (Å²) in [7, 11) is 0. The summed E-state index contributed by atoms with van der Waals surface area (Å²) in [5.74, 6) is -0.409. The van der Waals surface area contributed by atoms with Gasteiger partial charge in [0.2, 0.25) is 0 Å². The molecule has 0 spiro atoms. The lowest BCUT2D eigenvalue weighted by atomic mass is 9.99. The van der Waals surface area contributed by atoms with E-state index in [1.165, 1.54) is 12.1 Å². The molecule has 10 heteroatoms. The number of hydrogen-bond acceptors (Lipinski definition) is 4. The summed E-state index contributed by atoms with van der Waals surface area (Å²) in [6.45, 7) is 1.26. The Kier molecular flexibility index (Phi) is 8.73. The van der Waals surface area contributed by atoms with Gasteiger partial charge in [0.05, 0.1) is 24.7 Å². The van der Waals surface area contributed by atoms with Gasteiger partial charge in [0.25, 0.3) is 0 Å². The van der Waals surface area contributed by atoms with Crippen LogP contribution in [-0.4, -0.2) is 42.2 Å². The van der Waals surface area contributed by atoms with Crippen molar-refractivity contribution in [1.29, 1.82) is 0 Å². The monoisotopic (exact) mass is 519 g/mol. The van der Waals surface area contributed by atoms with E-state index < -0.39 is 23.8 Å². The Morgan fingerprint density at radius 3 is 2.65 bits per heavy atom. The second-order valence-electron chi connectivity index (χ2n) is 8.42. The number of alkyl halides is 3. The number of carboxylic acid groups (broad SMARTS) is 1. The fourth-order valence-corrected chi connectivity index (χ4v) is 4.40. The molecule has 1 unspecified atom stereocenters. The van der Waals surface area contributed by atoms with Gasteiger partial charge in [-0.1, -0.05) is 29.8 Å². The second kappa shape index (κ2) is 11.2. The van der Waals surface area contributed by atoms with Crippen molar-refractivity contribution in [3.05, 3.63) is 63.7 Å². The minimum absolute atomic E-state index is 0. The molecule has 1 atom stereocenters. The van der Waals surface area contributed by atoms with Crippen molar-refractivity contribution >= 4 is 30.0 Å². The first-order valence-electron chi connectivity index (χ1n) is 10.9. The molecule has 1 heterocycles. The number of ether oxygens (including phenoxy) is 2. The van der Waals surface area contributed by atoms with E-state index in [0.717, 1.165) is 30.0 Å². The Morgan fingerprint density at radius 2 is 1.97 bits per heavy atom. The van der Waals surface area contributed by atoms with Crippen LogP contribution in [0.1, 0.15) is 53.5 Å². The van der Waals surface area contributed by atoms with Gasteiger partial charge in [0, 0.05) is 30.2 Å². The largest absolute Gasteiger partial charge is 0.489 e. The van der Waals surface area contributed by atoms with E-state index in [1.807, 2.05) is 17.0 Å². The van der Waals surface area contributed by atoms with Gasteiger partial charge in [-0.15, -0.1) is 12.4 Å². The van der Waals surface area contributed by atoms with Crippen LogP contribution < -0.4 is 4.74 Å². The van der Waals surface area contributed by atoms with Crippen molar-refractivity contribution in [3.63, 3.8) is 0 Å². The van der Waals surface area contributed by atoms with Crippen LogP contribution in [0.2, 0.25) is 5.02 Å². The van der Waals surface area contributed by atoms with E-state index in [2.05, 4.69) is 0 Å². The molecule has 0 radical (unpaired) electrons. The topological polar surface area (TPSA) is 59.0 Å². The van der Waals surface area contributed by atoms with Crippen LogP contribution in [0.15, 0.2) is 36.4 Å². The van der Waals surface area contributed by atoms with Crippen LogP contribution in [0, 0.1) is 0 Å². The quantitative estimate of drug-likeness (QED) is 0.457. The fraction of sp³-hybridized carbons (Fsp3) is 0.458. The molecule has 0 bridgehead atoms. The van der Waals surface area contributed by atoms with Crippen LogP contribution in [0.4, 0.5) is 13.2 Å². The average Bonchev–Trinajstić information content (AvgIpc) is 3.61. The van der Waals surface area contributed by atoms with Gasteiger partial charge >= 0.3 is 12.1 Å². The standard InChI is InChI=1S/C24H25ClF3NO4.ClH/c25-21-3-1-2-17(15-4-5-15)19(21)14-33-16-6-7-18(20(12-16)24(26,27)28)22-13-29(10-11-32-22)9-8-23(30)31;/h1-3,6-7,12,15,22H,4-5,8-11,13-14H2,(H,30,31);1H. The van der Waals surface area contributed by atoms with Gasteiger partial charge in [-0.05, 0) is 48.1 Å². The average molecular weight is 520 g/mol. The molecule has 186 valence electrons. The highest BCUT2D eigenvalue weighted by Gasteiger charge is 2.37. The van der Waals surface area contributed by atoms with Crippen molar-refractivity contribution in [1.82, 2.24) is 4.90 Å². The number of hydrogen-bond donors (Lipinski definition) is 1. The third-order valence-corrected chi connectivity index (χ3v) is 6.38. The van der Waals surface area contributed by atoms with Gasteiger partial charge in [-0.2, -0.15) is 13.2 Å². The van der Waals surface area contributed by atoms with Crippen LogP contribution in [-0.2, 0) is 22.3 Å². The molecule has 1 aliphatic heterocycles. The highest BCUT2D eigenvalue weighted by molar-refractivity contribution is 6.31. The summed E-state index contributed by atoms with van der Waals surface area (Å²) < 4.78 is 53.1. The van der Waals surface area contributed by atoms with Crippen molar-refractivity contribution in [2.45, 2.75) is 44.1 Å². The SMILES string of the molecule is Cl.O=C(O)CCN1CCOC(c2ccc(OCc3c(Cl)cccc3C3CC3)cc2C(F)(F)F)C1. The van der Waals surface area contributed by atoms with Gasteiger partial charge in [0.15, 0.2) is 0 Å². The Morgan fingerprint density at radius 1 is 1.21 bits per heavy atom. The number of morpholine rings is 1. The van der Waals surface area contributed by atoms with E-state index in [4.69, 9.17) is 26.2 Å². The van der Waals surface area contributed by atoms with Crippen LogP contribution in [0.25, 0.3) is 0 Å². The number of benzene rings is 2. The lowest BCUT2D eigenvalue weighted by Gasteiger charge is -2.34. The number of carboxylic acids is 1. The molecule has 2 fully saturated rings. The van der Waals surface area contributed by atoms with Crippen molar-refractivity contribution in [2.75, 3.05) is 26.2 Å². The summed E-state index contributed by atoms with van der Waals surface area (Å²) in [4.78, 5) is 12.6. The second-order valence-corrected chi connectivity index (χ2v) is 8.83. The maximum Gasteiger partial charge on any atom is 0.416 e. The number of carbonyl (C=O) groups is 1. The molecule has 5 nitrogen and oxygen atoms in total. The number of rotatable bonds is 8. The Hall–Kier alpha value is -2.00. The minimum Gasteiger partial charge on any atom is -0.489 e. The zero-order valence-corrected chi connectivity index (χ0v) is 19.9. The number of halogens is 5. The van der Waals surface area contributed by atoms with Gasteiger partial charge in [0.1, 0.15) is 12.4 Å². The summed E-state index contributed by atoms with van der Waals surface area (Å²) in [6.07, 6.45) is -3.32. The maximum atomic E-state index is 13.9. The molecule has 1 saturated carbocycles. The summed E-state index contributed by atoms with van der Waals surface area (Å²) in [5.41, 5.74) is 1.11. The molecule has 2 aliphatic rings. The molecule has 1 saturated heterocycles. The lowest BCUT2D eigenvalue weighted by molar-refractivity contribution is -0.140. The van der Waals surface area contributed by atoms with E-state index in [9.17, 15) is 18.0 Å². The first-order valence-corrected chi connectivity index (χ1v) is 11.3. The minimum atomic E-state index is -4.59. The zero-order valence-electron chi connectivity index (χ0n) is 18.3. The maximum absolute atomic E-state index is 13.9. The lowest BCUT2D eigenvalue weighted by Crippen LogP contribution is -2.40. The Labute approximate surface area is 207 Å². The van der Waals surface area contributed by atoms with E-state index >= 15 is 0 Å². The zero-order chi connectivity index (χ0) is 23.6. The molecular formula is C24H26Cl2F3NO4. The molecule has 1 aliphatic carbocycles. The number of nitrogens with zero attached hydrogens (tertiary/aromatic N) is 1. The van der Waals surface area contributed by atoms with E-state index in [1.54, 1.807) is 6.07 Å². The molecule has 4 rings (SSSR count). The molecule has 0 aromatic heterocycles. The third kappa shape index (κ3) is 6.56. The van der Waals surface area contributed by atoms with Gasteiger partial charge in [-0.3, -0.25) is 9.69 Å². The molecule has 2 aromatic rings. The van der Waals surface area contributed by atoms with Crippen LogP contribution >= 0.6 is 24.0 Å². The van der Waals surface area contributed by atoms with Gasteiger partial charge < -0.3 is 14.6 Å². The smallest absolute Gasteiger partial charge is 0.416 e. The summed E-state index contributed by atoms with van der Waals surface area (Å²) in [6, 6.07) is 9.52. The van der Waals surface area contributed by atoms with Crippen molar-refractivity contribution in [2.24, 2.45) is 0 Å². The van der Waals surface area contributed by atoms with Crippen molar-refractivity contribution in [3.8, 4) is 5.75 Å². The normalized spacial score (nSPS) is 18.9. The van der Waals surface area contributed by atoms with Crippen LogP contribution in [0.5, 0.6) is 5.75 Å². The summed E-state index contributed by atoms with van der Waals surface area (Å²) >= 11 is 6.34. The Balaban J connectivity index is 0.00000324. The summed E-state index contributed by atoms with van der Waals surface area (Å²) in [5, 5.41) is 9.43. The first kappa shape index (κ1) is 26.6. The molecule has 1 N–H and O–H groups in total. The molecule has 34 heavy (non-hydrogen) atoms. The highest BCUT2D eigenvalue weighted by atomic mass is 35.5. The molecular weight excluding hydrogens is 494 g/mol. The van der Waals surface area contributed by atoms with E-state index in [0.29, 0.717) is 17.5 Å². The van der Waals surface area contributed by atoms with E-state index in [-0.39, 0.29) is 56.4 Å². The third-order valence-electron chi connectivity index (χ3n) is 6.02.